The molecular formula is C12H16OS. The van der Waals surface area contributed by atoms with Gasteiger partial charge in [-0.2, -0.15) is 0 Å². The third kappa shape index (κ3) is 2.31. The van der Waals surface area contributed by atoms with E-state index in [1.54, 1.807) is 0 Å². The van der Waals surface area contributed by atoms with Gasteiger partial charge in [0.25, 0.3) is 0 Å². The Kier molecular flexibility index (Phi) is 3.14. The van der Waals surface area contributed by atoms with Gasteiger partial charge in [0, 0.05) is 4.90 Å². The lowest BCUT2D eigenvalue weighted by Crippen LogP contribution is -1.98. The van der Waals surface area contributed by atoms with Gasteiger partial charge in [0.05, 0.1) is 6.10 Å². The normalized spacial score (nSPS) is 18.1. The fraction of sp³-hybridized carbons (Fsp3) is 0.500. The van der Waals surface area contributed by atoms with E-state index in [2.05, 4.69) is 31.2 Å². The average Bonchev–Trinajstić information content (AvgIpc) is 3.02. The van der Waals surface area contributed by atoms with Crippen LogP contribution in [0.3, 0.4) is 0 Å². The molecule has 1 aromatic carbocycles. The Labute approximate surface area is 89.5 Å². The van der Waals surface area contributed by atoms with Crippen LogP contribution in [-0.4, -0.2) is 10.9 Å². The summed E-state index contributed by atoms with van der Waals surface area (Å²) in [4.78, 5) is 1.29. The summed E-state index contributed by atoms with van der Waals surface area (Å²) in [6, 6.07) is 8.33. The zero-order valence-electron chi connectivity index (χ0n) is 8.44. The van der Waals surface area contributed by atoms with Crippen LogP contribution in [0.2, 0.25) is 0 Å². The molecule has 1 aliphatic rings. The Bertz CT molecular complexity index is 290. The lowest BCUT2D eigenvalue weighted by atomic mass is 10.1. The maximum atomic E-state index is 9.87. The van der Waals surface area contributed by atoms with Crippen molar-refractivity contribution in [1.29, 1.82) is 0 Å². The first-order valence-corrected chi connectivity index (χ1v) is 6.20. The highest BCUT2D eigenvalue weighted by atomic mass is 32.2. The molecule has 0 amide bonds. The smallest absolute Gasteiger partial charge is 0.0818 e. The van der Waals surface area contributed by atoms with Gasteiger partial charge in [-0.3, -0.25) is 0 Å². The van der Waals surface area contributed by atoms with E-state index in [1.807, 2.05) is 11.8 Å². The molecule has 1 saturated carbocycles. The molecule has 1 atom stereocenters. The van der Waals surface area contributed by atoms with Crippen LogP contribution in [0.25, 0.3) is 0 Å². The van der Waals surface area contributed by atoms with Gasteiger partial charge in [-0.1, -0.05) is 19.1 Å². The van der Waals surface area contributed by atoms with Crippen LogP contribution in [-0.2, 0) is 0 Å². The molecule has 0 bridgehead atoms. The summed E-state index contributed by atoms with van der Waals surface area (Å²) in [6.45, 7) is 2.15. The van der Waals surface area contributed by atoms with Crippen molar-refractivity contribution in [2.24, 2.45) is 5.92 Å². The number of hydrogen-bond donors (Lipinski definition) is 1. The van der Waals surface area contributed by atoms with Crippen LogP contribution in [0.5, 0.6) is 0 Å². The van der Waals surface area contributed by atoms with Gasteiger partial charge in [-0.25, -0.2) is 0 Å². The van der Waals surface area contributed by atoms with Gasteiger partial charge in [-0.15, -0.1) is 11.8 Å². The van der Waals surface area contributed by atoms with E-state index in [9.17, 15) is 5.11 Å². The predicted molar refractivity (Wildman–Crippen MR) is 60.5 cm³/mol. The number of aliphatic hydroxyl groups is 1. The molecule has 2 heteroatoms. The minimum atomic E-state index is -0.226. The average molecular weight is 208 g/mol. The Balaban J connectivity index is 2.04. The maximum Gasteiger partial charge on any atom is 0.0818 e. The van der Waals surface area contributed by atoms with Crippen molar-refractivity contribution in [3.8, 4) is 0 Å². The number of thioether (sulfide) groups is 1. The summed E-state index contributed by atoms with van der Waals surface area (Å²) >= 11 is 1.84. The van der Waals surface area contributed by atoms with Crippen LogP contribution >= 0.6 is 11.8 Å². The van der Waals surface area contributed by atoms with Crippen molar-refractivity contribution < 1.29 is 5.11 Å². The van der Waals surface area contributed by atoms with Crippen LogP contribution in [0.15, 0.2) is 29.2 Å². The standard InChI is InChI=1S/C12H16OS/c1-2-14-11-7-5-10(6-8-11)12(13)9-3-4-9/h5-9,12-13H,2-4H2,1H3. The third-order valence-corrected chi connectivity index (χ3v) is 3.50. The largest absolute Gasteiger partial charge is 0.388 e. The van der Waals surface area contributed by atoms with Crippen molar-refractivity contribution in [2.45, 2.75) is 30.8 Å². The Morgan fingerprint density at radius 3 is 2.50 bits per heavy atom. The molecule has 0 saturated heterocycles. The molecule has 0 radical (unpaired) electrons. The summed E-state index contributed by atoms with van der Waals surface area (Å²) in [6.07, 6.45) is 2.15. The topological polar surface area (TPSA) is 20.2 Å². The van der Waals surface area contributed by atoms with Crippen LogP contribution < -0.4 is 0 Å². The molecule has 1 nitrogen and oxygen atoms in total. The second kappa shape index (κ2) is 4.37. The SMILES string of the molecule is CCSc1ccc(C(O)C2CC2)cc1. The van der Waals surface area contributed by atoms with Crippen molar-refractivity contribution in [2.75, 3.05) is 5.75 Å². The van der Waals surface area contributed by atoms with Gasteiger partial charge in [0.2, 0.25) is 0 Å². The number of rotatable bonds is 4. The molecule has 0 spiro atoms. The zero-order chi connectivity index (χ0) is 9.97. The molecule has 1 unspecified atom stereocenters. The molecule has 0 aromatic heterocycles. The highest BCUT2D eigenvalue weighted by Gasteiger charge is 2.30. The summed E-state index contributed by atoms with van der Waals surface area (Å²) in [5, 5.41) is 9.87. The fourth-order valence-electron chi connectivity index (χ4n) is 1.61. The van der Waals surface area contributed by atoms with Crippen molar-refractivity contribution >= 4 is 11.8 Å². The Morgan fingerprint density at radius 2 is 2.00 bits per heavy atom. The fourth-order valence-corrected chi connectivity index (χ4v) is 2.27. The first-order chi connectivity index (χ1) is 6.81. The highest BCUT2D eigenvalue weighted by Crippen LogP contribution is 2.40. The minimum Gasteiger partial charge on any atom is -0.388 e. The zero-order valence-corrected chi connectivity index (χ0v) is 9.26. The minimum absolute atomic E-state index is 0.226. The molecule has 1 aliphatic carbocycles. The summed E-state index contributed by atoms with van der Waals surface area (Å²) in [5.41, 5.74) is 1.08. The predicted octanol–water partition coefficient (Wildman–Crippen LogP) is 3.24. The Morgan fingerprint density at radius 1 is 1.36 bits per heavy atom. The molecule has 0 aliphatic heterocycles. The second-order valence-electron chi connectivity index (χ2n) is 3.78. The summed E-state index contributed by atoms with van der Waals surface area (Å²) in [5.74, 6) is 1.63. The molecule has 2 rings (SSSR count). The lowest BCUT2D eigenvalue weighted by molar-refractivity contribution is 0.154. The second-order valence-corrected chi connectivity index (χ2v) is 5.12. The van der Waals surface area contributed by atoms with E-state index >= 15 is 0 Å². The third-order valence-electron chi connectivity index (χ3n) is 2.60. The quantitative estimate of drug-likeness (QED) is 0.766. The molecular weight excluding hydrogens is 192 g/mol. The van der Waals surface area contributed by atoms with Gasteiger partial charge in [0.1, 0.15) is 0 Å². The van der Waals surface area contributed by atoms with Gasteiger partial charge in [-0.05, 0) is 42.2 Å². The molecule has 1 N–H and O–H groups in total. The van der Waals surface area contributed by atoms with E-state index in [0.29, 0.717) is 5.92 Å². The van der Waals surface area contributed by atoms with Gasteiger partial charge < -0.3 is 5.11 Å². The first-order valence-electron chi connectivity index (χ1n) is 5.22. The number of aliphatic hydroxyl groups excluding tert-OH is 1. The van der Waals surface area contributed by atoms with E-state index in [4.69, 9.17) is 0 Å². The molecule has 14 heavy (non-hydrogen) atoms. The maximum absolute atomic E-state index is 9.87. The van der Waals surface area contributed by atoms with Gasteiger partial charge >= 0.3 is 0 Å². The van der Waals surface area contributed by atoms with E-state index < -0.39 is 0 Å². The van der Waals surface area contributed by atoms with E-state index in [-0.39, 0.29) is 6.10 Å². The van der Waals surface area contributed by atoms with Crippen molar-refractivity contribution in [3.63, 3.8) is 0 Å². The Hall–Kier alpha value is -0.470. The number of benzene rings is 1. The van der Waals surface area contributed by atoms with Crippen LogP contribution in [0.4, 0.5) is 0 Å². The van der Waals surface area contributed by atoms with Crippen molar-refractivity contribution in [1.82, 2.24) is 0 Å². The highest BCUT2D eigenvalue weighted by molar-refractivity contribution is 7.99. The summed E-state index contributed by atoms with van der Waals surface area (Å²) < 4.78 is 0. The molecule has 76 valence electrons. The molecule has 1 fully saturated rings. The van der Waals surface area contributed by atoms with E-state index in [0.717, 1.165) is 11.3 Å². The lowest BCUT2D eigenvalue weighted by Gasteiger charge is -2.09. The van der Waals surface area contributed by atoms with E-state index in [1.165, 1.54) is 17.7 Å². The van der Waals surface area contributed by atoms with Crippen molar-refractivity contribution in [3.05, 3.63) is 29.8 Å². The van der Waals surface area contributed by atoms with Crippen LogP contribution in [0, 0.1) is 5.92 Å². The van der Waals surface area contributed by atoms with Gasteiger partial charge in [0.15, 0.2) is 0 Å². The summed E-state index contributed by atoms with van der Waals surface area (Å²) in [7, 11) is 0. The molecule has 1 aromatic rings. The first kappa shape index (κ1) is 10.1. The number of hydrogen-bond acceptors (Lipinski definition) is 2. The monoisotopic (exact) mass is 208 g/mol. The molecule has 0 heterocycles. The van der Waals surface area contributed by atoms with Crippen LogP contribution in [0.1, 0.15) is 31.4 Å².